The molecule has 2 rings (SSSR count). The number of nitrogens with zero attached hydrogens (tertiary/aromatic N) is 2. The van der Waals surface area contributed by atoms with Crippen LogP contribution >= 0.6 is 11.9 Å². The smallest absolute Gasteiger partial charge is 0.326 e. The van der Waals surface area contributed by atoms with Gasteiger partial charge in [-0.25, -0.2) is 0 Å². The van der Waals surface area contributed by atoms with Crippen LogP contribution in [0.5, 0.6) is 0 Å². The first-order chi connectivity index (χ1) is 11.4. The van der Waals surface area contributed by atoms with Gasteiger partial charge in [-0.05, 0) is 45.5 Å². The Kier molecular flexibility index (Phi) is 7.14. The molecule has 0 amide bonds. The summed E-state index contributed by atoms with van der Waals surface area (Å²) >= 11 is 1.94. The Bertz CT molecular complexity index is 527. The number of fused-ring (bicyclic) bond motifs is 1. The monoisotopic (exact) mass is 345 g/mol. The van der Waals surface area contributed by atoms with Crippen LogP contribution < -0.4 is 5.23 Å². The van der Waals surface area contributed by atoms with E-state index in [0.29, 0.717) is 14.0 Å². The minimum atomic E-state index is 0.0462. The normalized spacial score (nSPS) is 19.2. The van der Waals surface area contributed by atoms with Crippen LogP contribution in [0.15, 0.2) is 24.3 Å². The van der Waals surface area contributed by atoms with E-state index in [4.69, 9.17) is 0 Å². The minimum absolute atomic E-state index is 0.0462. The first kappa shape index (κ1) is 19.7. The molecular weight excluding hydrogens is 312 g/mol. The highest BCUT2D eigenvalue weighted by Gasteiger charge is 2.36. The second-order valence-corrected chi connectivity index (χ2v) is 9.22. The molecule has 132 valence electrons. The fourth-order valence-corrected chi connectivity index (χ4v) is 4.83. The van der Waals surface area contributed by atoms with Gasteiger partial charge in [0.2, 0.25) is 0 Å². The van der Waals surface area contributed by atoms with E-state index in [1.165, 1.54) is 36.9 Å². The van der Waals surface area contributed by atoms with Crippen molar-refractivity contribution in [1.82, 2.24) is 8.94 Å². The molecule has 0 unspecified atom stereocenters. The summed E-state index contributed by atoms with van der Waals surface area (Å²) in [5, 5.41) is 3.79. The molecule has 1 aromatic rings. The molecule has 0 bridgehead atoms. The molecule has 0 saturated heterocycles. The van der Waals surface area contributed by atoms with Crippen molar-refractivity contribution in [2.45, 2.75) is 64.8 Å². The average molecular weight is 345 g/mol. The molecule has 0 aliphatic carbocycles. The van der Waals surface area contributed by atoms with Gasteiger partial charge in [0.15, 0.2) is 0 Å². The van der Waals surface area contributed by atoms with Gasteiger partial charge in [-0.15, -0.1) is 0 Å². The van der Waals surface area contributed by atoms with E-state index in [0.717, 1.165) is 6.54 Å². The van der Waals surface area contributed by atoms with Gasteiger partial charge in [0.05, 0.1) is 4.75 Å². The molecule has 0 saturated carbocycles. The van der Waals surface area contributed by atoms with Crippen molar-refractivity contribution >= 4 is 31.6 Å². The zero-order valence-electron chi connectivity index (χ0n) is 16.3. The average Bonchev–Trinajstić information content (AvgIpc) is 2.55. The van der Waals surface area contributed by atoms with E-state index < -0.39 is 0 Å². The number of hydrogen-bond donors (Lipinski definition) is 1. The van der Waals surface area contributed by atoms with Crippen molar-refractivity contribution in [3.05, 3.63) is 29.8 Å². The van der Waals surface area contributed by atoms with Crippen molar-refractivity contribution in [1.29, 1.82) is 0 Å². The predicted molar refractivity (Wildman–Crippen MR) is 113 cm³/mol. The maximum atomic E-state index is 3.79. The van der Waals surface area contributed by atoms with E-state index in [9.17, 15) is 0 Å². The number of benzene rings is 1. The molecule has 0 aromatic heterocycles. The van der Waals surface area contributed by atoms with Gasteiger partial charge < -0.3 is 9.95 Å². The third kappa shape index (κ3) is 4.74. The standard InChI is InChI=1S/C18H33B2N3S/c1-7-8-9-12-15-23-19(4)21-17-14-11-10-13-16(17)18(2,3)24-22(6)20(23)5/h10-11,13-14,21H,7-9,12,15H2,1-6H3. The zero-order valence-corrected chi connectivity index (χ0v) is 17.1. The summed E-state index contributed by atoms with van der Waals surface area (Å²) in [4.78, 5) is 0. The van der Waals surface area contributed by atoms with Crippen LogP contribution in [-0.4, -0.2) is 36.5 Å². The number of unbranched alkanes of at least 4 members (excludes halogenated alkanes) is 3. The number of rotatable bonds is 5. The quantitative estimate of drug-likeness (QED) is 0.457. The lowest BCUT2D eigenvalue weighted by Crippen LogP contribution is -2.56. The Labute approximate surface area is 154 Å². The fourth-order valence-electron chi connectivity index (χ4n) is 3.56. The van der Waals surface area contributed by atoms with Gasteiger partial charge in [-0.3, -0.25) is 4.22 Å². The highest BCUT2D eigenvalue weighted by atomic mass is 32.2. The van der Waals surface area contributed by atoms with Gasteiger partial charge in [0, 0.05) is 5.69 Å². The Morgan fingerprint density at radius 1 is 1.12 bits per heavy atom. The second kappa shape index (κ2) is 8.68. The van der Waals surface area contributed by atoms with Crippen LogP contribution in [-0.2, 0) is 4.75 Å². The molecule has 0 fully saturated rings. The van der Waals surface area contributed by atoms with E-state index in [1.54, 1.807) is 0 Å². The molecule has 1 N–H and O–H groups in total. The Balaban J connectivity index is 2.25. The highest BCUT2D eigenvalue weighted by Crippen LogP contribution is 2.42. The van der Waals surface area contributed by atoms with E-state index in [1.807, 2.05) is 11.9 Å². The largest absolute Gasteiger partial charge is 0.415 e. The van der Waals surface area contributed by atoms with E-state index >= 15 is 0 Å². The highest BCUT2D eigenvalue weighted by molar-refractivity contribution is 7.98. The molecule has 1 aliphatic rings. The van der Waals surface area contributed by atoms with Crippen molar-refractivity contribution in [3.63, 3.8) is 0 Å². The second-order valence-electron chi connectivity index (χ2n) is 7.44. The van der Waals surface area contributed by atoms with Crippen molar-refractivity contribution in [3.8, 4) is 0 Å². The van der Waals surface area contributed by atoms with Gasteiger partial charge in [0.1, 0.15) is 0 Å². The fraction of sp³-hybridized carbons (Fsp3) is 0.667. The molecule has 6 heteroatoms. The number of para-hydroxylation sites is 1. The van der Waals surface area contributed by atoms with Crippen LogP contribution in [0.2, 0.25) is 13.6 Å². The summed E-state index contributed by atoms with van der Waals surface area (Å²) in [5.74, 6) is 0. The Hall–Kier alpha value is -0.580. The number of nitrogens with one attached hydrogen (secondary N) is 1. The Morgan fingerprint density at radius 2 is 1.83 bits per heavy atom. The number of anilines is 1. The molecular formula is C18H33B2N3S. The molecule has 0 atom stereocenters. The van der Waals surface area contributed by atoms with Crippen LogP contribution in [0.4, 0.5) is 5.69 Å². The molecule has 1 heterocycles. The summed E-state index contributed by atoms with van der Waals surface area (Å²) in [7, 11) is 2.23. The SMILES string of the molecule is CCCCCCN1B(C)Nc2ccccc2C(C)(C)SN(C)B1C. The van der Waals surface area contributed by atoms with Crippen molar-refractivity contribution in [2.24, 2.45) is 0 Å². The van der Waals surface area contributed by atoms with Crippen LogP contribution in [0.1, 0.15) is 52.0 Å². The molecule has 1 aromatic carbocycles. The lowest BCUT2D eigenvalue weighted by Gasteiger charge is -2.36. The van der Waals surface area contributed by atoms with Gasteiger partial charge in [0.25, 0.3) is 0 Å². The third-order valence-electron chi connectivity index (χ3n) is 5.09. The predicted octanol–water partition coefficient (Wildman–Crippen LogP) is 5.05. The maximum Gasteiger partial charge on any atom is 0.326 e. The van der Waals surface area contributed by atoms with Crippen LogP contribution in [0, 0.1) is 0 Å². The van der Waals surface area contributed by atoms with Gasteiger partial charge >= 0.3 is 14.0 Å². The molecule has 1 aliphatic heterocycles. The molecule has 3 nitrogen and oxygen atoms in total. The lowest BCUT2D eigenvalue weighted by atomic mass is 9.62. The Morgan fingerprint density at radius 3 is 2.54 bits per heavy atom. The van der Waals surface area contributed by atoms with E-state index in [2.05, 4.69) is 79.9 Å². The summed E-state index contributed by atoms with van der Waals surface area (Å²) in [6, 6.07) is 8.77. The summed E-state index contributed by atoms with van der Waals surface area (Å²) in [5.41, 5.74) is 2.65. The first-order valence-electron chi connectivity index (χ1n) is 9.40. The summed E-state index contributed by atoms with van der Waals surface area (Å²) in [6.45, 7) is 13.4. The topological polar surface area (TPSA) is 18.5 Å². The first-order valence-corrected chi connectivity index (χ1v) is 10.2. The molecule has 0 spiro atoms. The lowest BCUT2D eigenvalue weighted by molar-refractivity contribution is 0.541. The van der Waals surface area contributed by atoms with Crippen molar-refractivity contribution < 1.29 is 0 Å². The van der Waals surface area contributed by atoms with Crippen LogP contribution in [0.3, 0.4) is 0 Å². The van der Waals surface area contributed by atoms with Gasteiger partial charge in [-0.2, -0.15) is 0 Å². The minimum Gasteiger partial charge on any atom is -0.415 e. The maximum absolute atomic E-state index is 3.79. The zero-order chi connectivity index (χ0) is 17.7. The van der Waals surface area contributed by atoms with E-state index in [-0.39, 0.29) is 4.75 Å². The molecule has 0 radical (unpaired) electrons. The summed E-state index contributed by atoms with van der Waals surface area (Å²) in [6.07, 6.45) is 5.23. The van der Waals surface area contributed by atoms with Gasteiger partial charge in [-0.1, -0.05) is 70.0 Å². The summed E-state index contributed by atoms with van der Waals surface area (Å²) < 4.78 is 5.07. The number of hydrogen-bond acceptors (Lipinski definition) is 4. The third-order valence-corrected chi connectivity index (χ3v) is 6.36. The molecule has 24 heavy (non-hydrogen) atoms. The van der Waals surface area contributed by atoms with Crippen molar-refractivity contribution in [2.75, 3.05) is 18.8 Å². The van der Waals surface area contributed by atoms with Crippen LogP contribution in [0.25, 0.3) is 0 Å².